The van der Waals surface area contributed by atoms with Gasteiger partial charge in [-0.2, -0.15) is 0 Å². The van der Waals surface area contributed by atoms with Gasteiger partial charge >= 0.3 is 0 Å². The first kappa shape index (κ1) is 11.7. The molecule has 80 valence electrons. The van der Waals surface area contributed by atoms with E-state index in [2.05, 4.69) is 38.0 Å². The van der Waals surface area contributed by atoms with Crippen LogP contribution < -0.4 is 5.32 Å². The third-order valence-electron chi connectivity index (χ3n) is 2.14. The van der Waals surface area contributed by atoms with Gasteiger partial charge in [0.15, 0.2) is 0 Å². The average Bonchev–Trinajstić information content (AvgIpc) is 2.43. The van der Waals surface area contributed by atoms with Crippen LogP contribution in [-0.2, 0) is 11.8 Å². The van der Waals surface area contributed by atoms with Crippen LogP contribution in [0.25, 0.3) is 0 Å². The van der Waals surface area contributed by atoms with Crippen LogP contribution in [0, 0.1) is 6.92 Å². The Balaban J connectivity index is 2.82. The molecule has 0 atom stereocenters. The molecule has 0 aromatic carbocycles. The SMILES string of the molecule is CNCCc1sc(C(C)(C)C)nc1C. The van der Waals surface area contributed by atoms with Gasteiger partial charge in [0, 0.05) is 10.3 Å². The maximum atomic E-state index is 4.63. The number of thiazole rings is 1. The number of nitrogens with zero attached hydrogens (tertiary/aromatic N) is 1. The van der Waals surface area contributed by atoms with Crippen LogP contribution in [0.15, 0.2) is 0 Å². The van der Waals surface area contributed by atoms with Crippen molar-refractivity contribution in [3.63, 3.8) is 0 Å². The van der Waals surface area contributed by atoms with E-state index in [1.807, 2.05) is 18.4 Å². The van der Waals surface area contributed by atoms with Crippen molar-refractivity contribution in [1.82, 2.24) is 10.3 Å². The third-order valence-corrected chi connectivity index (χ3v) is 3.78. The highest BCUT2D eigenvalue weighted by Crippen LogP contribution is 2.29. The smallest absolute Gasteiger partial charge is 0.0984 e. The van der Waals surface area contributed by atoms with Gasteiger partial charge in [-0.15, -0.1) is 11.3 Å². The first-order chi connectivity index (χ1) is 6.45. The van der Waals surface area contributed by atoms with Gasteiger partial charge in [0.25, 0.3) is 0 Å². The summed E-state index contributed by atoms with van der Waals surface area (Å²) in [4.78, 5) is 6.05. The number of likely N-dealkylation sites (N-methyl/N-ethyl adjacent to an activating group) is 1. The molecule has 0 aliphatic rings. The number of nitrogens with one attached hydrogen (secondary N) is 1. The van der Waals surface area contributed by atoms with Gasteiger partial charge in [-0.1, -0.05) is 20.8 Å². The van der Waals surface area contributed by atoms with Crippen LogP contribution in [0.1, 0.15) is 36.3 Å². The molecule has 0 aliphatic heterocycles. The summed E-state index contributed by atoms with van der Waals surface area (Å²) < 4.78 is 0. The van der Waals surface area contributed by atoms with Crippen LogP contribution in [0.3, 0.4) is 0 Å². The Hall–Kier alpha value is -0.410. The highest BCUT2D eigenvalue weighted by Gasteiger charge is 2.19. The fraction of sp³-hybridized carbons (Fsp3) is 0.727. The number of rotatable bonds is 3. The van der Waals surface area contributed by atoms with Crippen molar-refractivity contribution >= 4 is 11.3 Å². The molecule has 0 unspecified atom stereocenters. The van der Waals surface area contributed by atoms with E-state index >= 15 is 0 Å². The molecule has 1 aromatic heterocycles. The molecule has 0 spiro atoms. The van der Waals surface area contributed by atoms with E-state index in [0.717, 1.165) is 13.0 Å². The van der Waals surface area contributed by atoms with Crippen LogP contribution in [-0.4, -0.2) is 18.6 Å². The molecule has 3 heteroatoms. The Bertz CT molecular complexity index is 297. The molecule has 0 saturated heterocycles. The Morgan fingerprint density at radius 2 is 2.00 bits per heavy atom. The fourth-order valence-corrected chi connectivity index (χ4v) is 2.34. The largest absolute Gasteiger partial charge is 0.319 e. The van der Waals surface area contributed by atoms with E-state index in [1.54, 1.807) is 0 Å². The summed E-state index contributed by atoms with van der Waals surface area (Å²) in [5.41, 5.74) is 1.39. The highest BCUT2D eigenvalue weighted by molar-refractivity contribution is 7.11. The topological polar surface area (TPSA) is 24.9 Å². The van der Waals surface area contributed by atoms with Gasteiger partial charge < -0.3 is 5.32 Å². The molecular weight excluding hydrogens is 192 g/mol. The van der Waals surface area contributed by atoms with Crippen molar-refractivity contribution in [3.05, 3.63) is 15.6 Å². The summed E-state index contributed by atoms with van der Waals surface area (Å²) in [6.07, 6.45) is 1.09. The van der Waals surface area contributed by atoms with Gasteiger partial charge in [0.05, 0.1) is 10.7 Å². The summed E-state index contributed by atoms with van der Waals surface area (Å²) in [6.45, 7) is 9.79. The molecule has 1 heterocycles. The number of hydrogen-bond donors (Lipinski definition) is 1. The molecule has 1 rings (SSSR count). The van der Waals surface area contributed by atoms with E-state index in [9.17, 15) is 0 Å². The Kier molecular flexibility index (Phi) is 3.67. The lowest BCUT2D eigenvalue weighted by atomic mass is 9.98. The lowest BCUT2D eigenvalue weighted by molar-refractivity contribution is 0.584. The van der Waals surface area contributed by atoms with Crippen LogP contribution >= 0.6 is 11.3 Å². The molecule has 0 saturated carbocycles. The highest BCUT2D eigenvalue weighted by atomic mass is 32.1. The quantitative estimate of drug-likeness (QED) is 0.833. The molecule has 2 nitrogen and oxygen atoms in total. The number of aryl methyl sites for hydroxylation is 1. The summed E-state index contributed by atoms with van der Waals surface area (Å²) in [7, 11) is 1.99. The number of hydrogen-bond acceptors (Lipinski definition) is 3. The summed E-state index contributed by atoms with van der Waals surface area (Å²) in [5, 5.41) is 4.42. The van der Waals surface area contributed by atoms with Gasteiger partial charge in [-0.05, 0) is 26.9 Å². The van der Waals surface area contributed by atoms with Gasteiger partial charge in [-0.3, -0.25) is 0 Å². The minimum Gasteiger partial charge on any atom is -0.319 e. The molecule has 1 N–H and O–H groups in total. The maximum absolute atomic E-state index is 4.63. The second kappa shape index (κ2) is 4.41. The Morgan fingerprint density at radius 1 is 1.36 bits per heavy atom. The first-order valence-electron chi connectivity index (χ1n) is 5.06. The molecule has 0 fully saturated rings. The molecule has 1 aromatic rings. The lowest BCUT2D eigenvalue weighted by Crippen LogP contribution is -2.10. The van der Waals surface area contributed by atoms with Gasteiger partial charge in [-0.25, -0.2) is 4.98 Å². The maximum Gasteiger partial charge on any atom is 0.0984 e. The standard InChI is InChI=1S/C11H20N2S/c1-8-9(6-7-12-5)14-10(13-8)11(2,3)4/h12H,6-7H2,1-5H3. The predicted octanol–water partition coefficient (Wildman–Crippen LogP) is 2.51. The first-order valence-corrected chi connectivity index (χ1v) is 5.88. The van der Waals surface area contributed by atoms with Gasteiger partial charge in [0.2, 0.25) is 0 Å². The monoisotopic (exact) mass is 212 g/mol. The van der Waals surface area contributed by atoms with Crippen LogP contribution in [0.4, 0.5) is 0 Å². The van der Waals surface area contributed by atoms with E-state index in [1.165, 1.54) is 15.6 Å². The van der Waals surface area contributed by atoms with Crippen molar-refractivity contribution in [1.29, 1.82) is 0 Å². The van der Waals surface area contributed by atoms with Gasteiger partial charge in [0.1, 0.15) is 0 Å². The lowest BCUT2D eigenvalue weighted by Gasteiger charge is -2.13. The second-order valence-electron chi connectivity index (χ2n) is 4.63. The molecule has 0 amide bonds. The van der Waals surface area contributed by atoms with Crippen molar-refractivity contribution in [3.8, 4) is 0 Å². The molecule has 0 bridgehead atoms. The van der Waals surface area contributed by atoms with E-state index in [4.69, 9.17) is 0 Å². The molecule has 0 aliphatic carbocycles. The van der Waals surface area contributed by atoms with Crippen molar-refractivity contribution < 1.29 is 0 Å². The number of aromatic nitrogens is 1. The zero-order valence-corrected chi connectivity index (χ0v) is 10.6. The van der Waals surface area contributed by atoms with Crippen molar-refractivity contribution in [2.75, 3.05) is 13.6 Å². The second-order valence-corrected chi connectivity index (χ2v) is 5.71. The summed E-state index contributed by atoms with van der Waals surface area (Å²) in [6, 6.07) is 0. The predicted molar refractivity (Wildman–Crippen MR) is 63.2 cm³/mol. The Morgan fingerprint density at radius 3 is 2.43 bits per heavy atom. The van der Waals surface area contributed by atoms with E-state index in [0.29, 0.717) is 0 Å². The summed E-state index contributed by atoms with van der Waals surface area (Å²) >= 11 is 1.86. The minimum atomic E-state index is 0.188. The van der Waals surface area contributed by atoms with Crippen LogP contribution in [0.2, 0.25) is 0 Å². The fourth-order valence-electron chi connectivity index (χ4n) is 1.22. The van der Waals surface area contributed by atoms with E-state index < -0.39 is 0 Å². The van der Waals surface area contributed by atoms with Crippen molar-refractivity contribution in [2.45, 2.75) is 39.5 Å². The molecule has 0 radical (unpaired) electrons. The normalized spacial score (nSPS) is 12.1. The third kappa shape index (κ3) is 2.79. The molecular formula is C11H20N2S. The minimum absolute atomic E-state index is 0.188. The van der Waals surface area contributed by atoms with E-state index in [-0.39, 0.29) is 5.41 Å². The van der Waals surface area contributed by atoms with Crippen LogP contribution in [0.5, 0.6) is 0 Å². The Labute approximate surface area is 90.8 Å². The van der Waals surface area contributed by atoms with Crippen molar-refractivity contribution in [2.24, 2.45) is 0 Å². The zero-order chi connectivity index (χ0) is 10.8. The molecule has 14 heavy (non-hydrogen) atoms. The zero-order valence-electron chi connectivity index (χ0n) is 9.77. The summed E-state index contributed by atoms with van der Waals surface area (Å²) in [5.74, 6) is 0. The average molecular weight is 212 g/mol.